The van der Waals surface area contributed by atoms with Crippen molar-refractivity contribution in [3.8, 4) is 0 Å². The fourth-order valence-corrected chi connectivity index (χ4v) is 2.32. The lowest BCUT2D eigenvalue weighted by Gasteiger charge is -2.10. The summed E-state index contributed by atoms with van der Waals surface area (Å²) in [4.78, 5) is 12.3. The number of hydrogen-bond donors (Lipinski definition) is 0. The third-order valence-corrected chi connectivity index (χ3v) is 3.47. The van der Waals surface area contributed by atoms with Gasteiger partial charge in [0.25, 0.3) is 0 Å². The van der Waals surface area contributed by atoms with Crippen LogP contribution >= 0.6 is 0 Å². The largest absolute Gasteiger partial charge is 0.294 e. The molecule has 0 aliphatic carbocycles. The molecule has 0 unspecified atom stereocenters. The lowest BCUT2D eigenvalue weighted by Crippen LogP contribution is -2.08. The molecule has 2 aromatic carbocycles. The summed E-state index contributed by atoms with van der Waals surface area (Å²) < 4.78 is 13.1. The first-order chi connectivity index (χ1) is 8.99. The molecule has 0 radical (unpaired) electrons. The summed E-state index contributed by atoms with van der Waals surface area (Å²) >= 11 is 0. The van der Waals surface area contributed by atoms with Crippen LogP contribution in [0.15, 0.2) is 36.4 Å². The van der Waals surface area contributed by atoms with E-state index in [1.807, 2.05) is 32.0 Å². The summed E-state index contributed by atoms with van der Waals surface area (Å²) in [6.45, 7) is 5.78. The van der Waals surface area contributed by atoms with Crippen LogP contribution in [-0.4, -0.2) is 5.78 Å². The first-order valence-corrected chi connectivity index (χ1v) is 6.33. The zero-order valence-electron chi connectivity index (χ0n) is 11.5. The molecule has 0 heterocycles. The fraction of sp³-hybridized carbons (Fsp3) is 0.235. The fourth-order valence-electron chi connectivity index (χ4n) is 2.32. The molecule has 0 spiro atoms. The Labute approximate surface area is 113 Å². The van der Waals surface area contributed by atoms with Crippen LogP contribution in [-0.2, 0) is 6.42 Å². The molecule has 0 fully saturated rings. The quantitative estimate of drug-likeness (QED) is 0.753. The van der Waals surface area contributed by atoms with Gasteiger partial charge in [-0.3, -0.25) is 4.79 Å². The topological polar surface area (TPSA) is 17.1 Å². The van der Waals surface area contributed by atoms with Gasteiger partial charge in [0.1, 0.15) is 5.82 Å². The first kappa shape index (κ1) is 13.5. The Morgan fingerprint density at radius 1 is 1.00 bits per heavy atom. The average molecular weight is 256 g/mol. The summed E-state index contributed by atoms with van der Waals surface area (Å²) in [5.74, 6) is -0.268. The summed E-state index contributed by atoms with van der Waals surface area (Å²) in [5, 5.41) is 0. The van der Waals surface area contributed by atoms with Crippen molar-refractivity contribution in [2.24, 2.45) is 0 Å². The summed E-state index contributed by atoms with van der Waals surface area (Å²) in [5.41, 5.74) is 4.60. The number of benzene rings is 2. The summed E-state index contributed by atoms with van der Waals surface area (Å²) in [6.07, 6.45) is 0.366. The second-order valence-corrected chi connectivity index (χ2v) is 4.93. The van der Waals surface area contributed by atoms with E-state index in [0.29, 0.717) is 17.5 Å². The third-order valence-electron chi connectivity index (χ3n) is 3.47. The first-order valence-electron chi connectivity index (χ1n) is 6.33. The van der Waals surface area contributed by atoms with Gasteiger partial charge in [0.15, 0.2) is 5.78 Å². The molecule has 1 nitrogen and oxygen atoms in total. The van der Waals surface area contributed by atoms with Crippen molar-refractivity contribution < 1.29 is 9.18 Å². The van der Waals surface area contributed by atoms with Gasteiger partial charge in [0.05, 0.1) is 0 Å². The Hall–Kier alpha value is -1.96. The maximum absolute atomic E-state index is 13.1. The van der Waals surface area contributed by atoms with Crippen molar-refractivity contribution in [3.05, 3.63) is 70.0 Å². The van der Waals surface area contributed by atoms with E-state index in [4.69, 9.17) is 0 Å². The Morgan fingerprint density at radius 2 is 1.63 bits per heavy atom. The van der Waals surface area contributed by atoms with E-state index < -0.39 is 0 Å². The molecular formula is C17H17FO. The van der Waals surface area contributed by atoms with E-state index >= 15 is 0 Å². The molecule has 0 aliphatic heterocycles. The normalized spacial score (nSPS) is 10.5. The van der Waals surface area contributed by atoms with E-state index in [1.54, 1.807) is 13.0 Å². The molecule has 0 atom stereocenters. The van der Waals surface area contributed by atoms with Crippen molar-refractivity contribution in [1.82, 2.24) is 0 Å². The van der Waals surface area contributed by atoms with Crippen LogP contribution < -0.4 is 0 Å². The predicted molar refractivity (Wildman–Crippen MR) is 75.1 cm³/mol. The summed E-state index contributed by atoms with van der Waals surface area (Å²) in [6, 6.07) is 10.3. The number of carbonyl (C=O) groups is 1. The molecule has 0 aliphatic rings. The van der Waals surface area contributed by atoms with E-state index in [-0.39, 0.29) is 11.6 Å². The molecule has 2 rings (SSSR count). The minimum Gasteiger partial charge on any atom is -0.294 e. The monoisotopic (exact) mass is 256 g/mol. The minimum absolute atomic E-state index is 0.0369. The zero-order chi connectivity index (χ0) is 14.0. The van der Waals surface area contributed by atoms with Gasteiger partial charge in [0, 0.05) is 12.0 Å². The van der Waals surface area contributed by atoms with Crippen LogP contribution in [0.4, 0.5) is 4.39 Å². The highest BCUT2D eigenvalue weighted by Crippen LogP contribution is 2.18. The molecular weight excluding hydrogens is 239 g/mol. The van der Waals surface area contributed by atoms with Gasteiger partial charge < -0.3 is 0 Å². The number of aryl methyl sites for hydroxylation is 3. The van der Waals surface area contributed by atoms with Crippen LogP contribution in [0.2, 0.25) is 0 Å². The van der Waals surface area contributed by atoms with E-state index in [0.717, 1.165) is 16.7 Å². The minimum atomic E-state index is -0.305. The predicted octanol–water partition coefficient (Wildman–Crippen LogP) is 4.18. The van der Waals surface area contributed by atoms with Crippen molar-refractivity contribution in [2.45, 2.75) is 27.2 Å². The zero-order valence-corrected chi connectivity index (χ0v) is 11.5. The number of Topliss-reactive ketones (excluding diaryl/α,β-unsaturated/α-hetero) is 1. The van der Waals surface area contributed by atoms with Crippen molar-refractivity contribution >= 4 is 5.78 Å². The number of carbonyl (C=O) groups excluding carboxylic acids is 1. The van der Waals surface area contributed by atoms with E-state index in [1.165, 1.54) is 12.1 Å². The Balaban J connectivity index is 2.31. The Bertz CT molecular complexity index is 609. The average Bonchev–Trinajstić information content (AvgIpc) is 2.33. The molecule has 0 bridgehead atoms. The highest BCUT2D eigenvalue weighted by atomic mass is 19.1. The number of rotatable bonds is 3. The Kier molecular flexibility index (Phi) is 3.79. The number of hydrogen-bond acceptors (Lipinski definition) is 1. The highest BCUT2D eigenvalue weighted by molar-refractivity contribution is 5.99. The van der Waals surface area contributed by atoms with Crippen LogP contribution in [0.1, 0.15) is 32.6 Å². The lowest BCUT2D eigenvalue weighted by molar-refractivity contribution is 0.0992. The SMILES string of the molecule is Cc1cc(F)ccc1C(=O)Cc1c(C)cccc1C. The molecule has 19 heavy (non-hydrogen) atoms. The van der Waals surface area contributed by atoms with Gasteiger partial charge in [-0.2, -0.15) is 0 Å². The van der Waals surface area contributed by atoms with Gasteiger partial charge in [-0.15, -0.1) is 0 Å². The molecule has 2 heteroatoms. The Morgan fingerprint density at radius 3 is 2.21 bits per heavy atom. The van der Waals surface area contributed by atoms with Crippen LogP contribution in [0, 0.1) is 26.6 Å². The molecule has 0 N–H and O–H groups in total. The molecule has 98 valence electrons. The van der Waals surface area contributed by atoms with Crippen LogP contribution in [0.3, 0.4) is 0 Å². The molecule has 2 aromatic rings. The second kappa shape index (κ2) is 5.35. The van der Waals surface area contributed by atoms with Crippen LogP contribution in [0.5, 0.6) is 0 Å². The second-order valence-electron chi connectivity index (χ2n) is 4.93. The van der Waals surface area contributed by atoms with E-state index in [2.05, 4.69) is 0 Å². The van der Waals surface area contributed by atoms with Gasteiger partial charge in [-0.05, 0) is 61.2 Å². The maximum atomic E-state index is 13.1. The highest BCUT2D eigenvalue weighted by Gasteiger charge is 2.13. The smallest absolute Gasteiger partial charge is 0.167 e. The standard InChI is InChI=1S/C17H17FO/c1-11-5-4-6-12(2)16(11)10-17(19)15-8-7-14(18)9-13(15)3/h4-9H,10H2,1-3H3. The molecule has 0 saturated carbocycles. The maximum Gasteiger partial charge on any atom is 0.167 e. The van der Waals surface area contributed by atoms with Crippen molar-refractivity contribution in [1.29, 1.82) is 0 Å². The van der Waals surface area contributed by atoms with Crippen LogP contribution in [0.25, 0.3) is 0 Å². The van der Waals surface area contributed by atoms with Gasteiger partial charge in [-0.25, -0.2) is 4.39 Å². The van der Waals surface area contributed by atoms with Gasteiger partial charge in [-0.1, -0.05) is 18.2 Å². The van der Waals surface area contributed by atoms with Gasteiger partial charge in [0.2, 0.25) is 0 Å². The number of halogens is 1. The molecule has 0 amide bonds. The van der Waals surface area contributed by atoms with Crippen molar-refractivity contribution in [2.75, 3.05) is 0 Å². The lowest BCUT2D eigenvalue weighted by atomic mass is 9.94. The van der Waals surface area contributed by atoms with Gasteiger partial charge >= 0.3 is 0 Å². The van der Waals surface area contributed by atoms with Crippen molar-refractivity contribution in [3.63, 3.8) is 0 Å². The van der Waals surface area contributed by atoms with E-state index in [9.17, 15) is 9.18 Å². The molecule has 0 aromatic heterocycles. The number of ketones is 1. The summed E-state index contributed by atoms with van der Waals surface area (Å²) in [7, 11) is 0. The third kappa shape index (κ3) is 2.90. The molecule has 0 saturated heterocycles.